The van der Waals surface area contributed by atoms with Crippen LogP contribution in [0.5, 0.6) is 0 Å². The van der Waals surface area contributed by atoms with Crippen molar-refractivity contribution in [3.8, 4) is 0 Å². The molecule has 0 amide bonds. The zero-order chi connectivity index (χ0) is 13.7. The van der Waals surface area contributed by atoms with E-state index >= 15 is 0 Å². The Bertz CT molecular complexity index is 525. The van der Waals surface area contributed by atoms with Crippen LogP contribution in [0.15, 0.2) is 36.7 Å². The minimum Gasteiger partial charge on any atom is -0.370 e. The highest BCUT2D eigenvalue weighted by Gasteiger charge is 2.01. The van der Waals surface area contributed by atoms with Crippen LogP contribution in [-0.2, 0) is 0 Å². The van der Waals surface area contributed by atoms with E-state index in [9.17, 15) is 4.39 Å². The second kappa shape index (κ2) is 6.13. The fourth-order valence-electron chi connectivity index (χ4n) is 1.51. The largest absolute Gasteiger partial charge is 0.370 e. The lowest BCUT2D eigenvalue weighted by molar-refractivity contribution is 0.628. The summed E-state index contributed by atoms with van der Waals surface area (Å²) in [5.74, 6) is 1.73. The van der Waals surface area contributed by atoms with Crippen molar-refractivity contribution in [2.24, 2.45) is 5.92 Å². The van der Waals surface area contributed by atoms with Crippen LogP contribution in [0.1, 0.15) is 13.8 Å². The van der Waals surface area contributed by atoms with Gasteiger partial charge in [-0.3, -0.25) is 0 Å². The molecule has 19 heavy (non-hydrogen) atoms. The molecular formula is C14H17FN4. The van der Waals surface area contributed by atoms with Gasteiger partial charge in [-0.15, -0.1) is 0 Å². The molecule has 0 radical (unpaired) electrons. The predicted octanol–water partition coefficient (Wildman–Crippen LogP) is 3.43. The lowest BCUT2D eigenvalue weighted by Gasteiger charge is -2.10. The first-order chi connectivity index (χ1) is 9.13. The summed E-state index contributed by atoms with van der Waals surface area (Å²) >= 11 is 0. The van der Waals surface area contributed by atoms with Gasteiger partial charge in [-0.25, -0.2) is 14.4 Å². The van der Waals surface area contributed by atoms with Crippen molar-refractivity contribution in [1.82, 2.24) is 9.97 Å². The molecule has 4 nitrogen and oxygen atoms in total. The van der Waals surface area contributed by atoms with E-state index in [0.29, 0.717) is 11.7 Å². The van der Waals surface area contributed by atoms with E-state index in [1.165, 1.54) is 18.5 Å². The fourth-order valence-corrected chi connectivity index (χ4v) is 1.51. The van der Waals surface area contributed by atoms with E-state index in [2.05, 4.69) is 34.4 Å². The number of nitrogens with one attached hydrogen (secondary N) is 2. The van der Waals surface area contributed by atoms with E-state index in [1.54, 1.807) is 12.1 Å². The molecule has 1 aromatic carbocycles. The van der Waals surface area contributed by atoms with Crippen molar-refractivity contribution in [3.63, 3.8) is 0 Å². The zero-order valence-corrected chi connectivity index (χ0v) is 11.0. The minimum atomic E-state index is -0.257. The molecule has 5 heteroatoms. The molecule has 0 atom stereocenters. The number of hydrogen-bond acceptors (Lipinski definition) is 4. The Labute approximate surface area is 112 Å². The van der Waals surface area contributed by atoms with Crippen LogP contribution in [0.3, 0.4) is 0 Å². The molecule has 2 rings (SSSR count). The first-order valence-corrected chi connectivity index (χ1v) is 6.22. The summed E-state index contributed by atoms with van der Waals surface area (Å²) in [7, 11) is 0. The minimum absolute atomic E-state index is 0.257. The number of halogens is 1. The van der Waals surface area contributed by atoms with Crippen molar-refractivity contribution >= 4 is 17.3 Å². The number of hydrogen-bond donors (Lipinski definition) is 2. The van der Waals surface area contributed by atoms with Gasteiger partial charge in [-0.1, -0.05) is 13.8 Å². The van der Waals surface area contributed by atoms with E-state index in [0.717, 1.165) is 18.1 Å². The van der Waals surface area contributed by atoms with Gasteiger partial charge in [0.25, 0.3) is 0 Å². The Hall–Kier alpha value is -2.17. The van der Waals surface area contributed by atoms with Crippen molar-refractivity contribution in [2.45, 2.75) is 13.8 Å². The average Bonchev–Trinajstić information content (AvgIpc) is 2.40. The molecule has 1 heterocycles. The quantitative estimate of drug-likeness (QED) is 0.864. The third-order valence-electron chi connectivity index (χ3n) is 2.48. The van der Waals surface area contributed by atoms with Gasteiger partial charge in [-0.05, 0) is 30.2 Å². The van der Waals surface area contributed by atoms with Crippen LogP contribution in [-0.4, -0.2) is 16.5 Å². The van der Waals surface area contributed by atoms with Gasteiger partial charge in [0.2, 0.25) is 0 Å². The molecule has 0 bridgehead atoms. The van der Waals surface area contributed by atoms with Crippen molar-refractivity contribution in [1.29, 1.82) is 0 Å². The Balaban J connectivity index is 2.04. The maximum Gasteiger partial charge on any atom is 0.135 e. The Morgan fingerprint density at radius 1 is 1.11 bits per heavy atom. The number of rotatable bonds is 5. The molecule has 0 saturated carbocycles. The van der Waals surface area contributed by atoms with Gasteiger partial charge >= 0.3 is 0 Å². The van der Waals surface area contributed by atoms with E-state index in [-0.39, 0.29) is 5.82 Å². The first kappa shape index (κ1) is 13.3. The lowest BCUT2D eigenvalue weighted by Crippen LogP contribution is -2.09. The average molecular weight is 260 g/mol. The Morgan fingerprint density at radius 2 is 1.79 bits per heavy atom. The second-order valence-corrected chi connectivity index (χ2v) is 4.70. The zero-order valence-electron chi connectivity index (χ0n) is 11.0. The second-order valence-electron chi connectivity index (χ2n) is 4.70. The van der Waals surface area contributed by atoms with Gasteiger partial charge in [0, 0.05) is 18.3 Å². The third kappa shape index (κ3) is 4.21. The van der Waals surface area contributed by atoms with Crippen molar-refractivity contribution in [3.05, 3.63) is 42.5 Å². The van der Waals surface area contributed by atoms with Crippen LogP contribution in [0.25, 0.3) is 0 Å². The van der Waals surface area contributed by atoms with Crippen LogP contribution in [0.2, 0.25) is 0 Å². The van der Waals surface area contributed by atoms with E-state index in [4.69, 9.17) is 0 Å². The van der Waals surface area contributed by atoms with Crippen LogP contribution < -0.4 is 10.6 Å². The summed E-state index contributed by atoms with van der Waals surface area (Å²) in [5, 5.41) is 6.33. The molecule has 1 aromatic heterocycles. The van der Waals surface area contributed by atoms with Gasteiger partial charge in [0.15, 0.2) is 0 Å². The molecule has 2 aromatic rings. The number of aromatic nitrogens is 2. The molecule has 0 unspecified atom stereocenters. The summed E-state index contributed by atoms with van der Waals surface area (Å²) in [6.07, 6.45) is 1.49. The Kier molecular flexibility index (Phi) is 4.28. The lowest BCUT2D eigenvalue weighted by atomic mass is 10.2. The third-order valence-corrected chi connectivity index (χ3v) is 2.48. The summed E-state index contributed by atoms with van der Waals surface area (Å²) < 4.78 is 12.8. The van der Waals surface area contributed by atoms with E-state index < -0.39 is 0 Å². The molecule has 100 valence electrons. The maximum atomic E-state index is 12.8. The Morgan fingerprint density at radius 3 is 2.47 bits per heavy atom. The summed E-state index contributed by atoms with van der Waals surface area (Å²) in [6.45, 7) is 5.12. The smallest absolute Gasteiger partial charge is 0.135 e. The van der Waals surface area contributed by atoms with Gasteiger partial charge < -0.3 is 10.6 Å². The van der Waals surface area contributed by atoms with Crippen LogP contribution in [0.4, 0.5) is 21.7 Å². The summed E-state index contributed by atoms with van der Waals surface area (Å²) in [4.78, 5) is 8.27. The monoisotopic (exact) mass is 260 g/mol. The molecule has 0 fully saturated rings. The van der Waals surface area contributed by atoms with Crippen molar-refractivity contribution in [2.75, 3.05) is 17.2 Å². The normalized spacial score (nSPS) is 10.5. The fraction of sp³-hybridized carbons (Fsp3) is 0.286. The van der Waals surface area contributed by atoms with Gasteiger partial charge in [0.1, 0.15) is 23.8 Å². The SMILES string of the molecule is CC(C)CNc1cc(Nc2ccc(F)cc2)ncn1. The van der Waals surface area contributed by atoms with Crippen LogP contribution in [0, 0.1) is 11.7 Å². The number of nitrogens with zero attached hydrogens (tertiary/aromatic N) is 2. The summed E-state index contributed by atoms with van der Waals surface area (Å²) in [5.41, 5.74) is 0.787. The van der Waals surface area contributed by atoms with Crippen LogP contribution >= 0.6 is 0 Å². The maximum absolute atomic E-state index is 12.8. The number of anilines is 3. The highest BCUT2D eigenvalue weighted by molar-refractivity contribution is 5.58. The highest BCUT2D eigenvalue weighted by atomic mass is 19.1. The molecule has 0 aliphatic rings. The molecular weight excluding hydrogens is 243 g/mol. The van der Waals surface area contributed by atoms with Gasteiger partial charge in [-0.2, -0.15) is 0 Å². The molecule has 0 aliphatic carbocycles. The predicted molar refractivity (Wildman–Crippen MR) is 75.0 cm³/mol. The van der Waals surface area contributed by atoms with E-state index in [1.807, 2.05) is 6.07 Å². The van der Waals surface area contributed by atoms with Crippen molar-refractivity contribution < 1.29 is 4.39 Å². The number of benzene rings is 1. The molecule has 2 N–H and O–H groups in total. The van der Waals surface area contributed by atoms with Gasteiger partial charge in [0.05, 0.1) is 0 Å². The topological polar surface area (TPSA) is 49.8 Å². The molecule has 0 saturated heterocycles. The highest BCUT2D eigenvalue weighted by Crippen LogP contribution is 2.16. The molecule has 0 aliphatic heterocycles. The standard InChI is InChI=1S/C14H17FN4/c1-10(2)8-16-13-7-14(18-9-17-13)19-12-5-3-11(15)4-6-12/h3-7,9-10H,8H2,1-2H3,(H2,16,17,18,19). The first-order valence-electron chi connectivity index (χ1n) is 6.22. The molecule has 0 spiro atoms. The summed E-state index contributed by atoms with van der Waals surface area (Å²) in [6, 6.07) is 7.96.